The number of piperidine rings is 1. The maximum Gasteiger partial charge on any atom is 0.144 e. The average molecular weight is 350 g/mol. The quantitative estimate of drug-likeness (QED) is 0.825. The molecule has 0 amide bonds. The van der Waals surface area contributed by atoms with E-state index in [0.717, 1.165) is 18.7 Å². The summed E-state index contributed by atoms with van der Waals surface area (Å²) in [6, 6.07) is 4.80. The predicted octanol–water partition coefficient (Wildman–Crippen LogP) is 3.89. The molecule has 1 aromatic carbocycles. The van der Waals surface area contributed by atoms with Crippen molar-refractivity contribution in [1.29, 1.82) is 5.26 Å². The molecule has 0 aliphatic carbocycles. The van der Waals surface area contributed by atoms with Gasteiger partial charge in [0.15, 0.2) is 0 Å². The first kappa shape index (κ1) is 18.2. The minimum absolute atomic E-state index is 0.0242. The van der Waals surface area contributed by atoms with Crippen LogP contribution in [0.4, 0.5) is 10.1 Å². The lowest BCUT2D eigenvalue weighted by molar-refractivity contribution is 0.473. The molecule has 1 fully saturated rings. The fourth-order valence-corrected chi connectivity index (χ4v) is 3.25. The van der Waals surface area contributed by atoms with E-state index in [-0.39, 0.29) is 5.02 Å². The Balaban J connectivity index is 0.00000100. The maximum atomic E-state index is 13.7. The molecule has 7 heteroatoms. The second-order valence-corrected chi connectivity index (χ2v) is 5.81. The molecule has 3 rings (SSSR count). The molecule has 24 heavy (non-hydrogen) atoms. The molecule has 5 nitrogen and oxygen atoms in total. The molecule has 0 saturated carbocycles. The van der Waals surface area contributed by atoms with E-state index in [1.807, 2.05) is 30.4 Å². The number of hydrogen-bond donors (Lipinski definition) is 0. The number of nitriles is 1. The molecule has 2 aromatic rings. The van der Waals surface area contributed by atoms with E-state index in [1.54, 1.807) is 6.33 Å². The van der Waals surface area contributed by atoms with Crippen LogP contribution in [0.5, 0.6) is 0 Å². The third-order valence-corrected chi connectivity index (χ3v) is 4.47. The number of rotatable bonds is 2. The van der Waals surface area contributed by atoms with E-state index in [2.05, 4.69) is 16.3 Å². The Bertz CT molecular complexity index is 729. The van der Waals surface area contributed by atoms with E-state index >= 15 is 0 Å². The van der Waals surface area contributed by atoms with E-state index in [4.69, 9.17) is 11.6 Å². The summed E-state index contributed by atoms with van der Waals surface area (Å²) in [4.78, 5) is 1.98. The van der Waals surface area contributed by atoms with Crippen molar-refractivity contribution in [2.45, 2.75) is 32.6 Å². The Morgan fingerprint density at radius 3 is 2.50 bits per heavy atom. The Morgan fingerprint density at radius 2 is 1.96 bits per heavy atom. The first-order valence-corrected chi connectivity index (χ1v) is 8.46. The van der Waals surface area contributed by atoms with Crippen molar-refractivity contribution >= 4 is 17.3 Å². The number of aryl methyl sites for hydroxylation is 1. The molecule has 0 bridgehead atoms. The second kappa shape index (κ2) is 8.11. The Morgan fingerprint density at radius 1 is 1.29 bits per heavy atom. The summed E-state index contributed by atoms with van der Waals surface area (Å²) in [6.07, 6.45) is 3.42. The number of anilines is 1. The van der Waals surface area contributed by atoms with Gasteiger partial charge in [-0.25, -0.2) is 4.39 Å². The van der Waals surface area contributed by atoms with Crippen molar-refractivity contribution in [2.24, 2.45) is 7.05 Å². The van der Waals surface area contributed by atoms with Gasteiger partial charge in [0.25, 0.3) is 0 Å². The molecular formula is C17H21ClFN5. The fourth-order valence-electron chi connectivity index (χ4n) is 2.96. The van der Waals surface area contributed by atoms with Crippen LogP contribution >= 0.6 is 11.6 Å². The highest BCUT2D eigenvalue weighted by Crippen LogP contribution is 2.36. The lowest BCUT2D eigenvalue weighted by Crippen LogP contribution is -2.34. The van der Waals surface area contributed by atoms with Gasteiger partial charge in [-0.1, -0.05) is 25.4 Å². The standard InChI is InChI=1S/C15H15ClFN5.C2H6/c1-21-9-19-20-15(21)10-4-6-22(7-5-10)14-11(8-18)2-3-12(17)13(14)16;1-2/h2-3,9-10H,4-7H2,1H3;1-2H3. The molecule has 1 aromatic heterocycles. The van der Waals surface area contributed by atoms with Crippen LogP contribution in [0.15, 0.2) is 18.5 Å². The van der Waals surface area contributed by atoms with Gasteiger partial charge in [0, 0.05) is 26.1 Å². The summed E-state index contributed by atoms with van der Waals surface area (Å²) in [6.45, 7) is 5.41. The van der Waals surface area contributed by atoms with Gasteiger partial charge in [-0.05, 0) is 25.0 Å². The van der Waals surface area contributed by atoms with Crippen molar-refractivity contribution in [3.63, 3.8) is 0 Å². The van der Waals surface area contributed by atoms with Crippen molar-refractivity contribution in [3.8, 4) is 6.07 Å². The summed E-state index contributed by atoms with van der Waals surface area (Å²) in [7, 11) is 1.93. The number of aromatic nitrogens is 3. The van der Waals surface area contributed by atoms with Crippen LogP contribution in [-0.4, -0.2) is 27.9 Å². The monoisotopic (exact) mass is 349 g/mol. The fraction of sp³-hybridized carbons (Fsp3) is 0.471. The van der Waals surface area contributed by atoms with E-state index in [1.165, 1.54) is 12.1 Å². The van der Waals surface area contributed by atoms with Crippen molar-refractivity contribution < 1.29 is 4.39 Å². The zero-order valence-corrected chi connectivity index (χ0v) is 14.9. The molecule has 0 unspecified atom stereocenters. The van der Waals surface area contributed by atoms with Gasteiger partial charge in [0.2, 0.25) is 0 Å². The third kappa shape index (κ3) is 3.51. The zero-order valence-electron chi connectivity index (χ0n) is 14.1. The van der Waals surface area contributed by atoms with Crippen molar-refractivity contribution in [1.82, 2.24) is 14.8 Å². The second-order valence-electron chi connectivity index (χ2n) is 5.43. The van der Waals surface area contributed by atoms with Crippen LogP contribution in [0.1, 0.15) is 44.0 Å². The van der Waals surface area contributed by atoms with Crippen LogP contribution in [0.25, 0.3) is 0 Å². The molecule has 0 radical (unpaired) electrons. The van der Waals surface area contributed by atoms with Crippen LogP contribution in [0.3, 0.4) is 0 Å². The van der Waals surface area contributed by atoms with Crippen molar-refractivity contribution in [2.75, 3.05) is 18.0 Å². The normalized spacial score (nSPS) is 14.8. The molecule has 128 valence electrons. The summed E-state index contributed by atoms with van der Waals surface area (Å²) >= 11 is 6.08. The molecule has 0 N–H and O–H groups in total. The summed E-state index contributed by atoms with van der Waals surface area (Å²) in [5.74, 6) is 0.790. The van der Waals surface area contributed by atoms with E-state index in [0.29, 0.717) is 30.3 Å². The Kier molecular flexibility index (Phi) is 6.16. The first-order valence-electron chi connectivity index (χ1n) is 8.08. The van der Waals surface area contributed by atoms with E-state index < -0.39 is 5.82 Å². The SMILES string of the molecule is CC.Cn1cnnc1C1CCN(c2c(C#N)ccc(F)c2Cl)CC1. The van der Waals surface area contributed by atoms with Crippen molar-refractivity contribution in [3.05, 3.63) is 40.7 Å². The average Bonchev–Trinajstić information content (AvgIpc) is 3.05. The maximum absolute atomic E-state index is 13.7. The number of halogens is 2. The molecule has 1 saturated heterocycles. The summed E-state index contributed by atoms with van der Waals surface area (Å²) < 4.78 is 15.6. The molecule has 1 aliphatic rings. The highest BCUT2D eigenvalue weighted by molar-refractivity contribution is 6.33. The predicted molar refractivity (Wildman–Crippen MR) is 92.7 cm³/mol. The highest BCUT2D eigenvalue weighted by atomic mass is 35.5. The van der Waals surface area contributed by atoms with Gasteiger partial charge in [0.1, 0.15) is 29.1 Å². The van der Waals surface area contributed by atoms with Crippen LogP contribution < -0.4 is 4.90 Å². The minimum Gasteiger partial charge on any atom is -0.369 e. The first-order chi connectivity index (χ1) is 11.6. The Labute approximate surface area is 146 Å². The van der Waals surface area contributed by atoms with Gasteiger partial charge in [-0.3, -0.25) is 0 Å². The van der Waals surface area contributed by atoms with E-state index in [9.17, 15) is 9.65 Å². The van der Waals surface area contributed by atoms with Crippen LogP contribution in [-0.2, 0) is 7.05 Å². The third-order valence-electron chi connectivity index (χ3n) is 4.11. The zero-order chi connectivity index (χ0) is 17.7. The smallest absolute Gasteiger partial charge is 0.144 e. The van der Waals surface area contributed by atoms with Gasteiger partial charge in [-0.2, -0.15) is 5.26 Å². The Hall–Kier alpha value is -2.13. The minimum atomic E-state index is -0.494. The number of benzene rings is 1. The summed E-state index contributed by atoms with van der Waals surface area (Å²) in [5, 5.41) is 17.3. The van der Waals surface area contributed by atoms with Gasteiger partial charge >= 0.3 is 0 Å². The number of hydrogen-bond acceptors (Lipinski definition) is 4. The molecule has 2 heterocycles. The molecule has 0 spiro atoms. The number of nitrogens with zero attached hydrogens (tertiary/aromatic N) is 5. The lowest BCUT2D eigenvalue weighted by atomic mass is 9.95. The molecule has 1 aliphatic heterocycles. The summed E-state index contributed by atoms with van der Waals surface area (Å²) in [5.41, 5.74) is 0.907. The molecular weight excluding hydrogens is 329 g/mol. The topological polar surface area (TPSA) is 57.7 Å². The van der Waals surface area contributed by atoms with Gasteiger partial charge in [0.05, 0.1) is 11.3 Å². The van der Waals surface area contributed by atoms with Gasteiger partial charge < -0.3 is 9.47 Å². The highest BCUT2D eigenvalue weighted by Gasteiger charge is 2.27. The molecule has 0 atom stereocenters. The largest absolute Gasteiger partial charge is 0.369 e. The van der Waals surface area contributed by atoms with Crippen LogP contribution in [0.2, 0.25) is 5.02 Å². The van der Waals surface area contributed by atoms with Gasteiger partial charge in [-0.15, -0.1) is 10.2 Å². The lowest BCUT2D eigenvalue weighted by Gasteiger charge is -2.34. The van der Waals surface area contributed by atoms with Crippen LogP contribution in [0, 0.1) is 17.1 Å².